The lowest BCUT2D eigenvalue weighted by Crippen LogP contribution is -2.52. The number of hydrogen-bond donors (Lipinski definition) is 4. The molecular formula is C31H34F3N5O3. The Labute approximate surface area is 242 Å². The van der Waals surface area contributed by atoms with Gasteiger partial charge < -0.3 is 21.1 Å². The summed E-state index contributed by atoms with van der Waals surface area (Å²) in [5.41, 5.74) is 6.47. The number of para-hydroxylation sites is 2. The zero-order valence-corrected chi connectivity index (χ0v) is 23.2. The van der Waals surface area contributed by atoms with Crippen molar-refractivity contribution in [2.45, 2.75) is 18.6 Å². The zero-order valence-electron chi connectivity index (χ0n) is 23.2. The summed E-state index contributed by atoms with van der Waals surface area (Å²) in [4.78, 5) is 28.2. The third-order valence-electron chi connectivity index (χ3n) is 7.07. The first-order valence-electron chi connectivity index (χ1n) is 13.5. The van der Waals surface area contributed by atoms with Crippen molar-refractivity contribution < 1.29 is 27.5 Å². The minimum Gasteiger partial charge on any atom is -0.397 e. The van der Waals surface area contributed by atoms with Crippen LogP contribution < -0.4 is 21.7 Å². The molecule has 0 saturated carbocycles. The Balaban J connectivity index is 1.48. The molecule has 0 spiro atoms. The molecule has 1 saturated heterocycles. The van der Waals surface area contributed by atoms with Gasteiger partial charge in [-0.2, -0.15) is 13.2 Å². The number of alkyl halides is 3. The van der Waals surface area contributed by atoms with Gasteiger partial charge in [0, 0.05) is 37.9 Å². The van der Waals surface area contributed by atoms with Crippen molar-refractivity contribution in [1.29, 1.82) is 0 Å². The number of carbonyl (C=O) groups excluding carboxylic acids is 2. The Morgan fingerprint density at radius 2 is 1.57 bits per heavy atom. The second kappa shape index (κ2) is 13.6. The molecule has 222 valence electrons. The Morgan fingerprint density at radius 3 is 2.21 bits per heavy atom. The number of nitrogens with two attached hydrogens (primary N) is 1. The summed E-state index contributed by atoms with van der Waals surface area (Å²) in [6, 6.07) is 18.4. The maximum Gasteiger partial charge on any atom is 0.416 e. The van der Waals surface area contributed by atoms with E-state index in [-0.39, 0.29) is 11.6 Å². The number of nitrogens with one attached hydrogen (secondary N) is 3. The number of nitrogens with zero attached hydrogens (tertiary/aromatic N) is 1. The topological polar surface area (TPSA) is 109 Å². The van der Waals surface area contributed by atoms with Gasteiger partial charge in [0.15, 0.2) is 0 Å². The van der Waals surface area contributed by atoms with E-state index in [1.807, 2.05) is 0 Å². The molecule has 3 aromatic rings. The lowest BCUT2D eigenvalue weighted by atomic mass is 9.89. The average molecular weight is 582 g/mol. The van der Waals surface area contributed by atoms with Gasteiger partial charge in [0.05, 0.1) is 30.2 Å². The Kier molecular flexibility index (Phi) is 10.00. The Bertz CT molecular complexity index is 1390. The molecule has 0 bridgehead atoms. The van der Waals surface area contributed by atoms with Crippen LogP contribution in [0.1, 0.15) is 23.6 Å². The smallest absolute Gasteiger partial charge is 0.397 e. The predicted octanol–water partition coefficient (Wildman–Crippen LogP) is 4.72. The fourth-order valence-corrected chi connectivity index (χ4v) is 4.49. The number of carbonyl (C=O) groups is 2. The molecule has 1 fully saturated rings. The number of amides is 2. The largest absolute Gasteiger partial charge is 0.416 e. The molecule has 2 amide bonds. The van der Waals surface area contributed by atoms with Crippen molar-refractivity contribution in [3.8, 4) is 0 Å². The minimum absolute atomic E-state index is 0.249. The van der Waals surface area contributed by atoms with E-state index < -0.39 is 23.2 Å². The number of nitrogen functional groups attached to an aromatic ring is 1. The normalized spacial score (nSPS) is 15.7. The highest BCUT2D eigenvalue weighted by atomic mass is 19.4. The van der Waals surface area contributed by atoms with Crippen molar-refractivity contribution in [1.82, 2.24) is 10.2 Å². The number of hydrogen-bond acceptors (Lipinski definition) is 6. The maximum absolute atomic E-state index is 13.6. The summed E-state index contributed by atoms with van der Waals surface area (Å²) < 4.78 is 44.4. The van der Waals surface area contributed by atoms with E-state index in [9.17, 15) is 22.8 Å². The average Bonchev–Trinajstić information content (AvgIpc) is 2.98. The minimum atomic E-state index is -4.47. The van der Waals surface area contributed by atoms with Crippen LogP contribution in [0.4, 0.5) is 30.2 Å². The van der Waals surface area contributed by atoms with Gasteiger partial charge in [0.1, 0.15) is 5.54 Å². The monoisotopic (exact) mass is 581 g/mol. The molecule has 1 aliphatic heterocycles. The van der Waals surface area contributed by atoms with Crippen molar-refractivity contribution >= 4 is 35.0 Å². The van der Waals surface area contributed by atoms with Gasteiger partial charge >= 0.3 is 6.18 Å². The fraction of sp³-hybridized carbons (Fsp3) is 0.290. The molecule has 11 heteroatoms. The van der Waals surface area contributed by atoms with Gasteiger partial charge in [-0.1, -0.05) is 36.4 Å². The number of morpholine rings is 1. The van der Waals surface area contributed by atoms with Gasteiger partial charge in [-0.25, -0.2) is 0 Å². The van der Waals surface area contributed by atoms with Crippen LogP contribution in [-0.2, 0) is 26.0 Å². The molecule has 1 unspecified atom stereocenters. The molecule has 4 rings (SSSR count). The highest BCUT2D eigenvalue weighted by Gasteiger charge is 2.35. The van der Waals surface area contributed by atoms with E-state index in [0.29, 0.717) is 43.2 Å². The molecule has 5 N–H and O–H groups in total. The third kappa shape index (κ3) is 8.19. The van der Waals surface area contributed by atoms with Crippen molar-refractivity contribution in [3.63, 3.8) is 0 Å². The first-order chi connectivity index (χ1) is 20.0. The van der Waals surface area contributed by atoms with E-state index in [1.54, 1.807) is 61.5 Å². The molecule has 1 aliphatic rings. The zero-order chi connectivity index (χ0) is 30.2. The maximum atomic E-state index is 13.6. The summed E-state index contributed by atoms with van der Waals surface area (Å²) in [6.07, 6.45) is -1.44. The van der Waals surface area contributed by atoms with E-state index >= 15 is 0 Å². The number of anilines is 3. The van der Waals surface area contributed by atoms with Crippen LogP contribution >= 0.6 is 0 Å². The fourth-order valence-electron chi connectivity index (χ4n) is 4.49. The standard InChI is InChI=1S/C31H34F3N5O3/c1-30(36-16-17-39-18-20-42-21-19-39,29(41)37-25-13-11-24(12-14-25)31(32,33)34)23-9-6-22(7-10-23)8-15-28(40)38-27-5-3-2-4-26(27)35/h2-15,36H,16-21,35H2,1H3,(H,37,41)(H,38,40)/b15-8+. The highest BCUT2D eigenvalue weighted by Crippen LogP contribution is 2.30. The van der Waals surface area contributed by atoms with Crippen LogP contribution in [-0.4, -0.2) is 56.1 Å². The van der Waals surface area contributed by atoms with Gasteiger partial charge in [0.2, 0.25) is 11.8 Å². The molecular weight excluding hydrogens is 547 g/mol. The first-order valence-corrected chi connectivity index (χ1v) is 13.5. The number of halogens is 3. The molecule has 1 atom stereocenters. The van der Waals surface area contributed by atoms with E-state index in [1.165, 1.54) is 18.2 Å². The van der Waals surface area contributed by atoms with E-state index in [0.717, 1.165) is 30.8 Å². The SMILES string of the molecule is CC(NCCN1CCOCC1)(C(=O)Nc1ccc(C(F)(F)F)cc1)c1ccc(/C=C/C(=O)Nc2ccccc2N)cc1. The van der Waals surface area contributed by atoms with Crippen LogP contribution in [0, 0.1) is 0 Å². The summed E-state index contributed by atoms with van der Waals surface area (Å²) >= 11 is 0. The van der Waals surface area contributed by atoms with Gasteiger partial charge in [-0.05, 0) is 60.5 Å². The third-order valence-corrected chi connectivity index (χ3v) is 7.07. The number of ether oxygens (including phenoxy) is 1. The second-order valence-corrected chi connectivity index (χ2v) is 10.1. The van der Waals surface area contributed by atoms with Gasteiger partial charge in [-0.3, -0.25) is 19.8 Å². The van der Waals surface area contributed by atoms with Crippen molar-refractivity contribution in [2.75, 3.05) is 55.8 Å². The predicted molar refractivity (Wildman–Crippen MR) is 158 cm³/mol. The first kappa shape index (κ1) is 30.8. The summed E-state index contributed by atoms with van der Waals surface area (Å²) in [6.45, 7) is 5.79. The van der Waals surface area contributed by atoms with Crippen LogP contribution in [0.15, 0.2) is 78.9 Å². The van der Waals surface area contributed by atoms with Crippen molar-refractivity contribution in [3.05, 3.63) is 95.6 Å². The quantitative estimate of drug-likeness (QED) is 0.204. The molecule has 0 aliphatic carbocycles. The molecule has 1 heterocycles. The van der Waals surface area contributed by atoms with Crippen LogP contribution in [0.25, 0.3) is 6.08 Å². The Hall–Kier alpha value is -4.19. The number of rotatable bonds is 10. The van der Waals surface area contributed by atoms with Crippen LogP contribution in [0.2, 0.25) is 0 Å². The summed E-state index contributed by atoms with van der Waals surface area (Å²) in [7, 11) is 0. The van der Waals surface area contributed by atoms with E-state index in [4.69, 9.17) is 10.5 Å². The lowest BCUT2D eigenvalue weighted by Gasteiger charge is -2.33. The van der Waals surface area contributed by atoms with Crippen LogP contribution in [0.3, 0.4) is 0 Å². The van der Waals surface area contributed by atoms with E-state index in [2.05, 4.69) is 20.9 Å². The lowest BCUT2D eigenvalue weighted by molar-refractivity contribution is -0.137. The summed E-state index contributed by atoms with van der Waals surface area (Å²) in [5.74, 6) is -0.769. The molecule has 8 nitrogen and oxygen atoms in total. The molecule has 0 radical (unpaired) electrons. The second-order valence-electron chi connectivity index (χ2n) is 10.1. The molecule has 0 aromatic heterocycles. The van der Waals surface area contributed by atoms with Crippen molar-refractivity contribution in [2.24, 2.45) is 0 Å². The number of benzene rings is 3. The molecule has 3 aromatic carbocycles. The van der Waals surface area contributed by atoms with Gasteiger partial charge in [0.25, 0.3) is 0 Å². The summed E-state index contributed by atoms with van der Waals surface area (Å²) in [5, 5.41) is 8.83. The van der Waals surface area contributed by atoms with Crippen LogP contribution in [0.5, 0.6) is 0 Å². The molecule has 42 heavy (non-hydrogen) atoms. The highest BCUT2D eigenvalue weighted by molar-refractivity contribution is 6.03. The Morgan fingerprint density at radius 1 is 0.929 bits per heavy atom. The van der Waals surface area contributed by atoms with Gasteiger partial charge in [-0.15, -0.1) is 0 Å².